The van der Waals surface area contributed by atoms with E-state index >= 15 is 0 Å². The minimum Gasteiger partial charge on any atom is -0.381 e. The van der Waals surface area contributed by atoms with E-state index in [0.717, 1.165) is 6.42 Å². The van der Waals surface area contributed by atoms with Gasteiger partial charge >= 0.3 is 6.18 Å². The number of Topliss-reactive ketones (excluding diaryl/α,β-unsaturated/α-hetero) is 1. The van der Waals surface area contributed by atoms with Gasteiger partial charge in [0.25, 0.3) is 5.89 Å². The molecule has 34 heavy (non-hydrogen) atoms. The summed E-state index contributed by atoms with van der Waals surface area (Å²) >= 11 is 0. The van der Waals surface area contributed by atoms with Crippen LogP contribution in [0.1, 0.15) is 43.4 Å². The molecule has 0 saturated carbocycles. The number of hydrogen-bond acceptors (Lipinski definition) is 7. The van der Waals surface area contributed by atoms with Gasteiger partial charge in [0.05, 0.1) is 0 Å². The smallest absolute Gasteiger partial charge is 0.381 e. The van der Waals surface area contributed by atoms with Crippen LogP contribution in [0.5, 0.6) is 0 Å². The highest BCUT2D eigenvalue weighted by Crippen LogP contribution is 2.43. The normalized spacial score (nSPS) is 12.6. The van der Waals surface area contributed by atoms with Gasteiger partial charge in [-0.2, -0.15) is 18.2 Å². The number of rotatable bonds is 8. The Kier molecular flexibility index (Phi) is 6.60. The Hall–Kier alpha value is -3.79. The van der Waals surface area contributed by atoms with Crippen LogP contribution in [0.15, 0.2) is 63.6 Å². The molecule has 2 aromatic carbocycles. The predicted octanol–water partition coefficient (Wildman–Crippen LogP) is 5.87. The van der Waals surface area contributed by atoms with Crippen molar-refractivity contribution in [3.05, 3.63) is 65.7 Å². The highest BCUT2D eigenvalue weighted by molar-refractivity contribution is 5.84. The highest BCUT2D eigenvalue weighted by Gasteiger charge is 2.42. The molecule has 0 aliphatic carbocycles. The van der Waals surface area contributed by atoms with Crippen LogP contribution in [0, 0.1) is 0 Å². The van der Waals surface area contributed by atoms with Crippen LogP contribution in [0.25, 0.3) is 34.3 Å². The number of carbonyl (C=O) groups excluding carboxylic acids is 1. The van der Waals surface area contributed by atoms with Gasteiger partial charge in [-0.3, -0.25) is 4.79 Å². The fourth-order valence-corrected chi connectivity index (χ4v) is 3.41. The molecule has 0 radical (unpaired) electrons. The first-order chi connectivity index (χ1) is 16.3. The summed E-state index contributed by atoms with van der Waals surface area (Å²) in [5, 5.41) is 17.6. The first kappa shape index (κ1) is 23.4. The van der Waals surface area contributed by atoms with Crippen molar-refractivity contribution in [2.75, 3.05) is 0 Å². The molecule has 0 aliphatic heterocycles. The Morgan fingerprint density at radius 2 is 1.71 bits per heavy atom. The van der Waals surface area contributed by atoms with E-state index in [4.69, 9.17) is 9.05 Å². The lowest BCUT2D eigenvalue weighted by Gasteiger charge is -2.09. The Bertz CT molecular complexity index is 1260. The van der Waals surface area contributed by atoms with Gasteiger partial charge in [0, 0.05) is 17.5 Å². The Labute approximate surface area is 192 Å². The maximum absolute atomic E-state index is 13.9. The van der Waals surface area contributed by atoms with Crippen molar-refractivity contribution in [2.45, 2.75) is 38.5 Å². The van der Waals surface area contributed by atoms with Crippen molar-refractivity contribution < 1.29 is 32.1 Å². The van der Waals surface area contributed by atoms with E-state index < -0.39 is 29.5 Å². The second kappa shape index (κ2) is 9.60. The van der Waals surface area contributed by atoms with Crippen LogP contribution in [-0.4, -0.2) is 26.2 Å². The summed E-state index contributed by atoms with van der Waals surface area (Å²) in [4.78, 5) is 16.1. The quantitative estimate of drug-likeness (QED) is 0.343. The number of aromatic nitrogens is 3. The summed E-state index contributed by atoms with van der Waals surface area (Å²) in [6.07, 6.45) is -4.23. The summed E-state index contributed by atoms with van der Waals surface area (Å²) in [7, 11) is 0. The molecule has 0 bridgehead atoms. The summed E-state index contributed by atoms with van der Waals surface area (Å²) in [5.41, 5.74) is -0.446. The van der Waals surface area contributed by atoms with Gasteiger partial charge < -0.3 is 14.2 Å². The molecule has 2 aromatic heterocycles. The fourth-order valence-electron chi connectivity index (χ4n) is 3.41. The summed E-state index contributed by atoms with van der Waals surface area (Å²) in [6, 6.07) is 14.0. The van der Waals surface area contributed by atoms with E-state index in [-0.39, 0.29) is 29.3 Å². The summed E-state index contributed by atoms with van der Waals surface area (Å²) < 4.78 is 51.6. The van der Waals surface area contributed by atoms with Crippen molar-refractivity contribution in [1.29, 1.82) is 0 Å². The molecule has 176 valence electrons. The number of alkyl halides is 3. The van der Waals surface area contributed by atoms with E-state index in [1.165, 1.54) is 24.3 Å². The number of unbranched alkanes of at least 4 members (excludes halogenated alkanes) is 1. The van der Waals surface area contributed by atoms with Crippen LogP contribution in [0.4, 0.5) is 13.2 Å². The van der Waals surface area contributed by atoms with Crippen LogP contribution in [0.3, 0.4) is 0 Å². The fraction of sp³-hybridized carbons (Fsp3) is 0.250. The number of carbonyl (C=O) groups is 1. The first-order valence-corrected chi connectivity index (χ1v) is 10.6. The molecule has 1 unspecified atom stereocenters. The van der Waals surface area contributed by atoms with E-state index in [2.05, 4.69) is 15.3 Å². The van der Waals surface area contributed by atoms with E-state index in [0.29, 0.717) is 17.5 Å². The number of hydrogen-bond donors (Lipinski definition) is 1. The Balaban J connectivity index is 1.62. The van der Waals surface area contributed by atoms with Crippen LogP contribution >= 0.6 is 0 Å². The monoisotopic (exact) mass is 471 g/mol. The number of halogens is 3. The molecule has 7 nitrogen and oxygen atoms in total. The standard InChI is InChI=1S/C24H20F3N3O4/c1-2-3-9-17(31)20(32)15-10-12-16(13-11-15)22-28-23(34-30-22)21-18(24(25,26)27)19(29-33-21)14-7-5-4-6-8-14/h4-8,10-13,20,32H,2-3,9H2,1H3. The molecule has 1 atom stereocenters. The topological polar surface area (TPSA) is 102 Å². The van der Waals surface area contributed by atoms with Crippen LogP contribution in [-0.2, 0) is 11.0 Å². The number of benzene rings is 2. The maximum Gasteiger partial charge on any atom is 0.422 e. The lowest BCUT2D eigenvalue weighted by molar-refractivity contribution is -0.137. The third kappa shape index (κ3) is 4.76. The molecule has 0 fully saturated rings. The Morgan fingerprint density at radius 1 is 1.00 bits per heavy atom. The van der Waals surface area contributed by atoms with Crippen molar-refractivity contribution in [1.82, 2.24) is 15.3 Å². The van der Waals surface area contributed by atoms with Gasteiger partial charge in [0.15, 0.2) is 5.78 Å². The highest BCUT2D eigenvalue weighted by atomic mass is 19.4. The number of ketones is 1. The van der Waals surface area contributed by atoms with Crippen molar-refractivity contribution in [3.63, 3.8) is 0 Å². The Morgan fingerprint density at radius 3 is 2.35 bits per heavy atom. The summed E-state index contributed by atoms with van der Waals surface area (Å²) in [5.74, 6) is -1.43. The minimum absolute atomic E-state index is 0.0131. The zero-order valence-electron chi connectivity index (χ0n) is 18.0. The number of nitrogens with zero attached hydrogens (tertiary/aromatic N) is 3. The zero-order valence-corrected chi connectivity index (χ0v) is 18.0. The second-order valence-corrected chi connectivity index (χ2v) is 7.62. The van der Waals surface area contributed by atoms with E-state index in [9.17, 15) is 23.1 Å². The molecule has 4 aromatic rings. The molecule has 1 N–H and O–H groups in total. The van der Waals surface area contributed by atoms with Gasteiger partial charge in [-0.25, -0.2) is 0 Å². The lowest BCUT2D eigenvalue weighted by atomic mass is 10.0. The predicted molar refractivity (Wildman–Crippen MR) is 115 cm³/mol. The van der Waals surface area contributed by atoms with E-state index in [1.54, 1.807) is 30.3 Å². The van der Waals surface area contributed by atoms with Gasteiger partial charge in [-0.05, 0) is 12.0 Å². The number of aliphatic hydroxyl groups excluding tert-OH is 1. The third-order valence-corrected chi connectivity index (χ3v) is 5.21. The van der Waals surface area contributed by atoms with Crippen molar-refractivity contribution in [2.24, 2.45) is 0 Å². The molecule has 4 rings (SSSR count). The van der Waals surface area contributed by atoms with Gasteiger partial charge in [0.1, 0.15) is 17.4 Å². The lowest BCUT2D eigenvalue weighted by Crippen LogP contribution is -2.11. The summed E-state index contributed by atoms with van der Waals surface area (Å²) in [6.45, 7) is 1.95. The van der Waals surface area contributed by atoms with Crippen LogP contribution < -0.4 is 0 Å². The molecule has 0 spiro atoms. The third-order valence-electron chi connectivity index (χ3n) is 5.21. The van der Waals surface area contributed by atoms with Gasteiger partial charge in [-0.15, -0.1) is 0 Å². The molecule has 0 saturated heterocycles. The van der Waals surface area contributed by atoms with E-state index in [1.807, 2.05) is 6.92 Å². The maximum atomic E-state index is 13.9. The first-order valence-electron chi connectivity index (χ1n) is 10.6. The molecule has 0 aliphatic rings. The minimum atomic E-state index is -4.78. The second-order valence-electron chi connectivity index (χ2n) is 7.62. The average Bonchev–Trinajstić information content (AvgIpc) is 3.50. The van der Waals surface area contributed by atoms with Crippen LogP contribution in [0.2, 0.25) is 0 Å². The molecular weight excluding hydrogens is 451 g/mol. The average molecular weight is 471 g/mol. The van der Waals surface area contributed by atoms with Crippen molar-refractivity contribution in [3.8, 4) is 34.3 Å². The SMILES string of the molecule is CCCCC(=O)C(O)c1ccc(-c2noc(-c3onc(-c4ccccc4)c3C(F)(F)F)n2)cc1. The van der Waals surface area contributed by atoms with Gasteiger partial charge in [0.2, 0.25) is 11.6 Å². The molecule has 2 heterocycles. The molecule has 10 heteroatoms. The molecular formula is C24H20F3N3O4. The zero-order chi connectivity index (χ0) is 24.3. The van der Waals surface area contributed by atoms with Gasteiger partial charge in [-0.1, -0.05) is 78.3 Å². The van der Waals surface area contributed by atoms with Crippen molar-refractivity contribution >= 4 is 5.78 Å². The number of aliphatic hydroxyl groups is 1. The largest absolute Gasteiger partial charge is 0.422 e. The molecule has 0 amide bonds.